The number of ether oxygens (including phenoxy) is 1. The highest BCUT2D eigenvalue weighted by Gasteiger charge is 2.71. The Morgan fingerprint density at radius 1 is 1.25 bits per heavy atom. The van der Waals surface area contributed by atoms with E-state index in [2.05, 4.69) is 25.6 Å². The van der Waals surface area contributed by atoms with E-state index in [-0.39, 0.29) is 18.6 Å². The molecule has 2 aliphatic carbocycles. The maximum Gasteiger partial charge on any atom is 0.258 e. The molecule has 2 unspecified atom stereocenters. The summed E-state index contributed by atoms with van der Waals surface area (Å²) >= 11 is 0. The van der Waals surface area contributed by atoms with Gasteiger partial charge in [-0.1, -0.05) is 6.07 Å². The topological polar surface area (TPSA) is 101 Å². The molecule has 36 heavy (non-hydrogen) atoms. The molecule has 0 aromatic carbocycles. The number of methoxy groups -OCH3 is 1. The van der Waals surface area contributed by atoms with Gasteiger partial charge in [-0.3, -0.25) is 14.6 Å². The van der Waals surface area contributed by atoms with Crippen molar-refractivity contribution in [1.29, 1.82) is 0 Å². The number of aryl methyl sites for hydroxylation is 2. The van der Waals surface area contributed by atoms with Crippen LogP contribution in [-0.2, 0) is 24.3 Å². The number of hydrogen-bond donors (Lipinski definition) is 2. The smallest absolute Gasteiger partial charge is 0.258 e. The summed E-state index contributed by atoms with van der Waals surface area (Å²) in [6.07, 6.45) is 3.45. The fourth-order valence-corrected chi connectivity index (χ4v) is 5.66. The highest BCUT2D eigenvalue weighted by Crippen LogP contribution is 2.59. The summed E-state index contributed by atoms with van der Waals surface area (Å²) in [7, 11) is 1.57. The Balaban J connectivity index is 1.16. The molecule has 1 saturated carbocycles. The zero-order valence-electron chi connectivity index (χ0n) is 20.5. The average Bonchev–Trinajstić information content (AvgIpc) is 3.46. The molecule has 190 valence electrons. The minimum Gasteiger partial charge on any atom is -0.378 e. The summed E-state index contributed by atoms with van der Waals surface area (Å²) in [4.78, 5) is 19.8. The quantitative estimate of drug-likeness (QED) is 0.521. The van der Waals surface area contributed by atoms with Crippen molar-refractivity contribution in [3.8, 4) is 0 Å². The number of pyridine rings is 1. The molecule has 4 heterocycles. The summed E-state index contributed by atoms with van der Waals surface area (Å²) < 4.78 is 34.1. The molecule has 11 heteroatoms. The van der Waals surface area contributed by atoms with Crippen LogP contribution in [0.5, 0.6) is 0 Å². The molecule has 3 aromatic rings. The van der Waals surface area contributed by atoms with Crippen molar-refractivity contribution in [3.63, 3.8) is 0 Å². The number of piperidine rings is 1. The second kappa shape index (κ2) is 8.36. The van der Waals surface area contributed by atoms with Crippen molar-refractivity contribution in [2.24, 2.45) is 11.8 Å². The number of hydrogen-bond acceptors (Lipinski definition) is 6. The Morgan fingerprint density at radius 3 is 2.75 bits per heavy atom. The Kier molecular flexibility index (Phi) is 5.36. The zero-order chi connectivity index (χ0) is 25.2. The number of halogens is 2. The summed E-state index contributed by atoms with van der Waals surface area (Å²) in [6.45, 7) is 5.22. The molecule has 1 aliphatic heterocycles. The van der Waals surface area contributed by atoms with Crippen molar-refractivity contribution in [3.05, 3.63) is 57.8 Å². The van der Waals surface area contributed by atoms with E-state index in [0.29, 0.717) is 30.9 Å². The van der Waals surface area contributed by atoms with Gasteiger partial charge in [0.05, 0.1) is 48.0 Å². The van der Waals surface area contributed by atoms with E-state index in [1.54, 1.807) is 18.0 Å². The zero-order valence-corrected chi connectivity index (χ0v) is 20.5. The number of H-pyrrole nitrogens is 1. The van der Waals surface area contributed by atoms with Gasteiger partial charge in [-0.15, -0.1) is 0 Å². The van der Waals surface area contributed by atoms with Crippen molar-refractivity contribution in [1.82, 2.24) is 30.3 Å². The van der Waals surface area contributed by atoms with Crippen LogP contribution < -0.4 is 10.2 Å². The molecule has 2 N–H and O–H groups in total. The molecule has 3 aliphatic rings. The standard InChI is InChI=1S/C25H29F2N7O2/c1-13-15(4-7-22(28-13)33-10-18-19(11-33)25(18,26)27)8-34-9-17(21(32-34)12-36-3)24(35)29-20-6-5-16-14(2)30-31-23(16)20/h4,7,9,18-20H,5-6,8,10-12H2,1-3H3,(H,29,35)(H,30,31)/t18?,19?,20-/m1/s1. The van der Waals surface area contributed by atoms with Gasteiger partial charge in [0.2, 0.25) is 0 Å². The van der Waals surface area contributed by atoms with Crippen LogP contribution in [0.1, 0.15) is 56.7 Å². The Hall–Kier alpha value is -3.34. The number of carbonyl (C=O) groups excluding carboxylic acids is 1. The van der Waals surface area contributed by atoms with Crippen molar-refractivity contribution >= 4 is 11.7 Å². The molecule has 2 fully saturated rings. The Morgan fingerprint density at radius 2 is 2.03 bits per heavy atom. The van der Waals surface area contributed by atoms with Gasteiger partial charge in [-0.05, 0) is 43.9 Å². The van der Waals surface area contributed by atoms with Crippen molar-refractivity contribution in [2.75, 3.05) is 25.1 Å². The number of aromatic amines is 1. The molecule has 3 atom stereocenters. The molecule has 0 radical (unpaired) electrons. The van der Waals surface area contributed by atoms with Crippen molar-refractivity contribution in [2.45, 2.75) is 51.8 Å². The maximum atomic E-state index is 13.5. The molecule has 6 rings (SSSR count). The average molecular weight is 498 g/mol. The number of carbonyl (C=O) groups is 1. The predicted octanol–water partition coefficient (Wildman–Crippen LogP) is 2.93. The third kappa shape index (κ3) is 3.76. The highest BCUT2D eigenvalue weighted by atomic mass is 19.3. The minimum absolute atomic E-state index is 0.108. The van der Waals surface area contributed by atoms with Gasteiger partial charge < -0.3 is 15.0 Å². The normalized spacial score (nSPS) is 23.6. The molecule has 3 aromatic heterocycles. The molecular formula is C25H29F2N7O2. The number of rotatable bonds is 7. The third-order valence-electron chi connectivity index (χ3n) is 7.84. The van der Waals surface area contributed by atoms with Crippen LogP contribution in [0.15, 0.2) is 18.3 Å². The van der Waals surface area contributed by atoms with Gasteiger partial charge in [0, 0.05) is 32.1 Å². The molecule has 1 saturated heterocycles. The van der Waals surface area contributed by atoms with E-state index in [1.807, 2.05) is 30.9 Å². The number of anilines is 1. The van der Waals surface area contributed by atoms with Crippen LogP contribution in [-0.4, -0.2) is 57.0 Å². The fourth-order valence-electron chi connectivity index (χ4n) is 5.66. The highest BCUT2D eigenvalue weighted by molar-refractivity contribution is 5.95. The van der Waals surface area contributed by atoms with Gasteiger partial charge in [0.25, 0.3) is 11.8 Å². The second-order valence-electron chi connectivity index (χ2n) is 10.1. The van der Waals surface area contributed by atoms with Crippen LogP contribution >= 0.6 is 0 Å². The SMILES string of the molecule is COCc1nn(Cc2ccc(N3CC4C(C3)C4(F)F)nc2C)cc1C(=O)N[C@@H]1CCc2c(C)n[nH]c21. The number of nitrogens with one attached hydrogen (secondary N) is 2. The number of aromatic nitrogens is 5. The molecular weight excluding hydrogens is 468 g/mol. The predicted molar refractivity (Wildman–Crippen MR) is 127 cm³/mol. The summed E-state index contributed by atoms with van der Waals surface area (Å²) in [5.74, 6) is -3.06. The van der Waals surface area contributed by atoms with Gasteiger partial charge >= 0.3 is 0 Å². The van der Waals surface area contributed by atoms with Crippen LogP contribution in [0.25, 0.3) is 0 Å². The first kappa shape index (κ1) is 23.1. The second-order valence-corrected chi connectivity index (χ2v) is 10.1. The van der Waals surface area contributed by atoms with Gasteiger partial charge in [-0.2, -0.15) is 10.2 Å². The van der Waals surface area contributed by atoms with Gasteiger partial charge in [0.1, 0.15) is 11.5 Å². The number of nitrogens with zero attached hydrogens (tertiary/aromatic N) is 5. The molecule has 9 nitrogen and oxygen atoms in total. The molecule has 0 spiro atoms. The lowest BCUT2D eigenvalue weighted by molar-refractivity contribution is 0.0796. The lowest BCUT2D eigenvalue weighted by Gasteiger charge is -2.21. The summed E-state index contributed by atoms with van der Waals surface area (Å²) in [5.41, 5.74) is 5.92. The fraction of sp³-hybridized carbons (Fsp3) is 0.520. The van der Waals surface area contributed by atoms with Gasteiger partial charge in [0.15, 0.2) is 0 Å². The lowest BCUT2D eigenvalue weighted by Crippen LogP contribution is -2.28. The van der Waals surface area contributed by atoms with Crippen LogP contribution in [0.4, 0.5) is 14.6 Å². The maximum absolute atomic E-state index is 13.5. The molecule has 1 amide bonds. The van der Waals surface area contributed by atoms with E-state index in [0.717, 1.165) is 41.3 Å². The summed E-state index contributed by atoms with van der Waals surface area (Å²) in [6, 6.07) is 3.73. The van der Waals surface area contributed by atoms with Crippen molar-refractivity contribution < 1.29 is 18.3 Å². The minimum atomic E-state index is -2.51. The van der Waals surface area contributed by atoms with E-state index in [4.69, 9.17) is 4.74 Å². The van der Waals surface area contributed by atoms with Crippen LogP contribution in [0.2, 0.25) is 0 Å². The Labute approximate surface area is 207 Å². The Bertz CT molecular complexity index is 1320. The number of alkyl halides is 2. The third-order valence-corrected chi connectivity index (χ3v) is 7.84. The van der Waals surface area contributed by atoms with E-state index < -0.39 is 17.8 Å². The van der Waals surface area contributed by atoms with E-state index in [9.17, 15) is 13.6 Å². The van der Waals surface area contributed by atoms with E-state index >= 15 is 0 Å². The first-order valence-corrected chi connectivity index (χ1v) is 12.3. The van der Waals surface area contributed by atoms with Gasteiger partial charge in [-0.25, -0.2) is 13.8 Å². The number of fused-ring (bicyclic) bond motifs is 2. The lowest BCUT2D eigenvalue weighted by atomic mass is 10.2. The first-order valence-electron chi connectivity index (χ1n) is 12.3. The number of amides is 1. The van der Waals surface area contributed by atoms with Crippen LogP contribution in [0, 0.1) is 25.7 Å². The summed E-state index contributed by atoms with van der Waals surface area (Å²) in [5, 5.41) is 15.0. The first-order chi connectivity index (χ1) is 17.3. The van der Waals surface area contributed by atoms with E-state index in [1.165, 1.54) is 5.56 Å². The largest absolute Gasteiger partial charge is 0.378 e. The monoisotopic (exact) mass is 497 g/mol. The molecule has 0 bridgehead atoms. The van der Waals surface area contributed by atoms with Crippen LogP contribution in [0.3, 0.4) is 0 Å².